The largest absolute Gasteiger partial charge is 0.465 e. The van der Waals surface area contributed by atoms with E-state index < -0.39 is 12.1 Å². The second kappa shape index (κ2) is 5.92. The van der Waals surface area contributed by atoms with Gasteiger partial charge in [-0.15, -0.1) is 0 Å². The number of benzene rings is 1. The minimum atomic E-state index is -1.18. The van der Waals surface area contributed by atoms with Crippen LogP contribution in [0.4, 0.5) is 10.5 Å². The van der Waals surface area contributed by atoms with Crippen molar-refractivity contribution >= 4 is 17.7 Å². The fourth-order valence-corrected chi connectivity index (χ4v) is 3.37. The Morgan fingerprint density at radius 1 is 1.30 bits per heavy atom. The molecule has 2 fully saturated rings. The molecule has 1 heterocycles. The topological polar surface area (TPSA) is 93.4 Å². The fourth-order valence-electron chi connectivity index (χ4n) is 3.37. The molecule has 2 N–H and O–H groups in total. The van der Waals surface area contributed by atoms with Crippen molar-refractivity contribution in [3.8, 4) is 6.07 Å². The molecular weight excluding hydrogens is 294 g/mol. The number of rotatable bonds is 3. The molecule has 1 unspecified atom stereocenters. The Bertz CT molecular complexity index is 659. The number of nitriles is 1. The minimum Gasteiger partial charge on any atom is -0.465 e. The van der Waals surface area contributed by atoms with E-state index in [1.807, 2.05) is 24.3 Å². The number of carboxylic acid groups (broad SMARTS) is 1. The fraction of sp³-hybridized carbons (Fsp3) is 0.471. The highest BCUT2D eigenvalue weighted by molar-refractivity contribution is 5.99. The van der Waals surface area contributed by atoms with Crippen LogP contribution < -0.4 is 10.2 Å². The maximum atomic E-state index is 12.4. The normalized spacial score (nSPS) is 22.8. The number of anilines is 1. The molecule has 1 saturated carbocycles. The van der Waals surface area contributed by atoms with Gasteiger partial charge < -0.3 is 15.3 Å². The van der Waals surface area contributed by atoms with Gasteiger partial charge in [-0.05, 0) is 49.8 Å². The molecule has 0 spiro atoms. The summed E-state index contributed by atoms with van der Waals surface area (Å²) in [7, 11) is 0. The first-order chi connectivity index (χ1) is 11.1. The van der Waals surface area contributed by atoms with Crippen LogP contribution in [-0.2, 0) is 10.2 Å². The molecule has 1 aliphatic carbocycles. The summed E-state index contributed by atoms with van der Waals surface area (Å²) in [5.74, 6) is -0.218. The van der Waals surface area contributed by atoms with Crippen LogP contribution in [0.15, 0.2) is 24.3 Å². The lowest BCUT2D eigenvalue weighted by Gasteiger charge is -2.36. The lowest BCUT2D eigenvalue weighted by Crippen LogP contribution is -2.52. The van der Waals surface area contributed by atoms with E-state index in [9.17, 15) is 14.9 Å². The average molecular weight is 313 g/mol. The van der Waals surface area contributed by atoms with Gasteiger partial charge in [0.2, 0.25) is 5.91 Å². The zero-order valence-electron chi connectivity index (χ0n) is 12.8. The Morgan fingerprint density at radius 2 is 2.00 bits per heavy atom. The van der Waals surface area contributed by atoms with Gasteiger partial charge in [-0.1, -0.05) is 12.1 Å². The third-order valence-electron chi connectivity index (χ3n) is 4.89. The first-order valence-electron chi connectivity index (χ1n) is 7.88. The van der Waals surface area contributed by atoms with Crippen molar-refractivity contribution in [2.24, 2.45) is 0 Å². The van der Waals surface area contributed by atoms with Crippen molar-refractivity contribution in [1.82, 2.24) is 5.32 Å². The molecule has 0 bridgehead atoms. The molecule has 6 nitrogen and oxygen atoms in total. The van der Waals surface area contributed by atoms with E-state index in [1.165, 1.54) is 0 Å². The highest BCUT2D eigenvalue weighted by Gasteiger charge is 2.39. The average Bonchev–Trinajstić information content (AvgIpc) is 2.49. The zero-order valence-corrected chi connectivity index (χ0v) is 12.8. The van der Waals surface area contributed by atoms with Crippen molar-refractivity contribution in [2.75, 3.05) is 11.4 Å². The van der Waals surface area contributed by atoms with Crippen LogP contribution in [0.5, 0.6) is 0 Å². The van der Waals surface area contributed by atoms with Crippen molar-refractivity contribution in [3.63, 3.8) is 0 Å². The summed E-state index contributed by atoms with van der Waals surface area (Å²) in [6, 6.07) is 9.27. The molecule has 1 aliphatic heterocycles. The van der Waals surface area contributed by atoms with E-state index >= 15 is 0 Å². The minimum absolute atomic E-state index is 0.218. The molecule has 1 saturated heterocycles. The van der Waals surface area contributed by atoms with Gasteiger partial charge in [0.05, 0.1) is 11.5 Å². The smallest absolute Gasteiger partial charge is 0.405 e. The quantitative estimate of drug-likeness (QED) is 0.896. The lowest BCUT2D eigenvalue weighted by atomic mass is 9.65. The van der Waals surface area contributed by atoms with Crippen molar-refractivity contribution in [3.05, 3.63) is 29.8 Å². The molecule has 1 aromatic carbocycles. The lowest BCUT2D eigenvalue weighted by molar-refractivity contribution is -0.121. The zero-order chi connectivity index (χ0) is 16.4. The van der Waals surface area contributed by atoms with Crippen LogP contribution in [0.25, 0.3) is 0 Å². The maximum Gasteiger partial charge on any atom is 0.405 e. The number of nitrogens with one attached hydrogen (secondary N) is 1. The first-order valence-corrected chi connectivity index (χ1v) is 7.88. The number of carbonyl (C=O) groups is 2. The molecule has 1 atom stereocenters. The van der Waals surface area contributed by atoms with Crippen LogP contribution in [0.1, 0.15) is 37.7 Å². The number of hydrogen-bond donors (Lipinski definition) is 2. The number of amides is 2. The summed E-state index contributed by atoms with van der Waals surface area (Å²) >= 11 is 0. The van der Waals surface area contributed by atoms with Crippen molar-refractivity contribution in [1.29, 1.82) is 5.26 Å². The molecule has 120 valence electrons. The highest BCUT2D eigenvalue weighted by atomic mass is 16.4. The third-order valence-corrected chi connectivity index (χ3v) is 4.89. The number of piperidine rings is 1. The van der Waals surface area contributed by atoms with E-state index in [4.69, 9.17) is 5.11 Å². The second-order valence-corrected chi connectivity index (χ2v) is 6.23. The third kappa shape index (κ3) is 2.74. The summed E-state index contributed by atoms with van der Waals surface area (Å²) in [6.07, 6.45) is 2.94. The van der Waals surface area contributed by atoms with Gasteiger partial charge in [-0.3, -0.25) is 4.79 Å². The SMILES string of the molecule is N#CC1(c2ccc(N3CCCC(NC(=O)O)C3=O)cc2)CCC1. The summed E-state index contributed by atoms with van der Waals surface area (Å²) in [6.45, 7) is 0.583. The van der Waals surface area contributed by atoms with Gasteiger partial charge in [-0.2, -0.15) is 5.26 Å². The Balaban J connectivity index is 1.78. The van der Waals surface area contributed by atoms with Gasteiger partial charge in [0.25, 0.3) is 0 Å². The van der Waals surface area contributed by atoms with Crippen LogP contribution in [-0.4, -0.2) is 29.7 Å². The summed E-state index contributed by atoms with van der Waals surface area (Å²) in [5.41, 5.74) is 1.39. The molecule has 0 aromatic heterocycles. The number of carbonyl (C=O) groups excluding carboxylic acids is 1. The van der Waals surface area contributed by atoms with E-state index in [1.54, 1.807) is 4.90 Å². The van der Waals surface area contributed by atoms with Crippen LogP contribution in [0.3, 0.4) is 0 Å². The molecule has 1 aromatic rings. The molecular formula is C17H19N3O3. The Hall–Kier alpha value is -2.55. The first kappa shape index (κ1) is 15.3. The van der Waals surface area contributed by atoms with Crippen LogP contribution in [0, 0.1) is 11.3 Å². The van der Waals surface area contributed by atoms with Gasteiger partial charge >= 0.3 is 6.09 Å². The molecule has 0 radical (unpaired) electrons. The standard InChI is InChI=1S/C17H19N3O3/c18-11-17(8-2-9-17)12-4-6-13(7-5-12)20-10-1-3-14(15(20)21)19-16(22)23/h4-7,14,19H,1-3,8-10H2,(H,22,23). The highest BCUT2D eigenvalue weighted by Crippen LogP contribution is 2.43. The van der Waals surface area contributed by atoms with Gasteiger partial charge in [-0.25, -0.2) is 4.79 Å². The van der Waals surface area contributed by atoms with Gasteiger partial charge in [0.1, 0.15) is 6.04 Å². The predicted octanol–water partition coefficient (Wildman–Crippen LogP) is 2.39. The monoisotopic (exact) mass is 313 g/mol. The van der Waals surface area contributed by atoms with Crippen LogP contribution >= 0.6 is 0 Å². The van der Waals surface area contributed by atoms with E-state index in [-0.39, 0.29) is 11.3 Å². The molecule has 3 rings (SSSR count). The summed E-state index contributed by atoms with van der Waals surface area (Å²) < 4.78 is 0. The van der Waals surface area contributed by atoms with Gasteiger partial charge in [0, 0.05) is 12.2 Å². The molecule has 23 heavy (non-hydrogen) atoms. The van der Waals surface area contributed by atoms with E-state index in [2.05, 4.69) is 11.4 Å². The number of hydrogen-bond acceptors (Lipinski definition) is 3. The Morgan fingerprint density at radius 3 is 2.52 bits per heavy atom. The molecule has 2 aliphatic rings. The molecule has 6 heteroatoms. The van der Waals surface area contributed by atoms with E-state index in [0.29, 0.717) is 13.0 Å². The number of nitrogens with zero attached hydrogens (tertiary/aromatic N) is 2. The summed E-state index contributed by atoms with van der Waals surface area (Å²) in [4.78, 5) is 24.8. The predicted molar refractivity (Wildman–Crippen MR) is 84.1 cm³/mol. The second-order valence-electron chi connectivity index (χ2n) is 6.23. The molecule has 2 amide bonds. The van der Waals surface area contributed by atoms with Gasteiger partial charge in [0.15, 0.2) is 0 Å². The maximum absolute atomic E-state index is 12.4. The van der Waals surface area contributed by atoms with Crippen LogP contribution in [0.2, 0.25) is 0 Å². The Labute approximate surface area is 134 Å². The van der Waals surface area contributed by atoms with E-state index in [0.717, 1.165) is 36.9 Å². The van der Waals surface area contributed by atoms with Crippen molar-refractivity contribution < 1.29 is 14.7 Å². The van der Waals surface area contributed by atoms with Crippen molar-refractivity contribution in [2.45, 2.75) is 43.6 Å². The Kier molecular flexibility index (Phi) is 3.95. The summed E-state index contributed by atoms with van der Waals surface area (Å²) in [5, 5.41) is 20.5.